The van der Waals surface area contributed by atoms with E-state index in [9.17, 15) is 4.79 Å². The van der Waals surface area contributed by atoms with Crippen LogP contribution in [-0.2, 0) is 4.79 Å². The van der Waals surface area contributed by atoms with E-state index < -0.39 is 0 Å². The van der Waals surface area contributed by atoms with Crippen LogP contribution in [-0.4, -0.2) is 53.2 Å². The molecule has 1 aliphatic heterocycles. The van der Waals surface area contributed by atoms with Gasteiger partial charge in [-0.1, -0.05) is 13.3 Å². The summed E-state index contributed by atoms with van der Waals surface area (Å²) in [5.41, 5.74) is 5.92. The number of carbonyl (C=O) groups is 1. The maximum absolute atomic E-state index is 12.2. The van der Waals surface area contributed by atoms with Crippen LogP contribution in [0.25, 0.3) is 0 Å². The lowest BCUT2D eigenvalue weighted by molar-refractivity contribution is -0.133. The van der Waals surface area contributed by atoms with E-state index in [-0.39, 0.29) is 11.9 Å². The summed E-state index contributed by atoms with van der Waals surface area (Å²) in [6.07, 6.45) is 5.26. The molecule has 2 N–H and O–H groups in total. The van der Waals surface area contributed by atoms with Crippen molar-refractivity contribution in [2.45, 2.75) is 44.7 Å². The molecular weight excluding hydrogens is 266 g/mol. The molecule has 1 amide bonds. The van der Waals surface area contributed by atoms with Crippen LogP contribution >= 0.6 is 0 Å². The van der Waals surface area contributed by atoms with Crippen molar-refractivity contribution in [2.24, 2.45) is 5.73 Å². The molecule has 2 heterocycles. The number of amides is 1. The third-order valence-electron chi connectivity index (χ3n) is 4.16. The Morgan fingerprint density at radius 2 is 2.24 bits per heavy atom. The van der Waals surface area contributed by atoms with E-state index in [0.717, 1.165) is 44.6 Å². The van der Waals surface area contributed by atoms with Gasteiger partial charge >= 0.3 is 0 Å². The van der Waals surface area contributed by atoms with Crippen molar-refractivity contribution in [3.05, 3.63) is 18.3 Å². The second-order valence-electron chi connectivity index (χ2n) is 5.64. The molecule has 21 heavy (non-hydrogen) atoms. The molecule has 0 saturated carbocycles. The van der Waals surface area contributed by atoms with Crippen LogP contribution in [0, 0.1) is 0 Å². The molecule has 1 fully saturated rings. The van der Waals surface area contributed by atoms with Gasteiger partial charge < -0.3 is 15.5 Å². The molecule has 1 atom stereocenters. The quantitative estimate of drug-likeness (QED) is 0.877. The van der Waals surface area contributed by atoms with E-state index in [1.165, 1.54) is 0 Å². The number of nitrogens with two attached hydrogens (primary N) is 1. The second-order valence-corrected chi connectivity index (χ2v) is 5.64. The minimum atomic E-state index is -0.343. The molecule has 116 valence electrons. The van der Waals surface area contributed by atoms with E-state index in [1.807, 2.05) is 24.1 Å². The van der Waals surface area contributed by atoms with Crippen LogP contribution in [0.5, 0.6) is 0 Å². The predicted molar refractivity (Wildman–Crippen MR) is 82.9 cm³/mol. The molecule has 0 radical (unpaired) electrons. The van der Waals surface area contributed by atoms with Gasteiger partial charge in [-0.2, -0.15) is 5.10 Å². The van der Waals surface area contributed by atoms with Crippen LogP contribution in [0.3, 0.4) is 0 Å². The number of piperidine rings is 1. The maximum atomic E-state index is 12.2. The van der Waals surface area contributed by atoms with Crippen molar-refractivity contribution in [2.75, 3.05) is 25.0 Å². The fourth-order valence-corrected chi connectivity index (χ4v) is 2.81. The summed E-state index contributed by atoms with van der Waals surface area (Å²) < 4.78 is 0. The Hall–Kier alpha value is -1.69. The lowest BCUT2D eigenvalue weighted by Gasteiger charge is -2.37. The molecule has 0 aliphatic carbocycles. The third-order valence-corrected chi connectivity index (χ3v) is 4.16. The van der Waals surface area contributed by atoms with Crippen molar-refractivity contribution in [3.8, 4) is 0 Å². The first kappa shape index (κ1) is 15.7. The molecule has 0 bridgehead atoms. The van der Waals surface area contributed by atoms with Crippen molar-refractivity contribution >= 4 is 11.7 Å². The minimum absolute atomic E-state index is 0.0949. The largest absolute Gasteiger partial charge is 0.355 e. The van der Waals surface area contributed by atoms with E-state index in [0.29, 0.717) is 6.04 Å². The molecule has 6 heteroatoms. The summed E-state index contributed by atoms with van der Waals surface area (Å²) in [5, 5.41) is 8.05. The van der Waals surface area contributed by atoms with Crippen LogP contribution in [0.4, 0.5) is 5.82 Å². The van der Waals surface area contributed by atoms with Gasteiger partial charge in [0.15, 0.2) is 5.82 Å². The van der Waals surface area contributed by atoms with Gasteiger partial charge in [-0.15, -0.1) is 5.10 Å². The van der Waals surface area contributed by atoms with Crippen molar-refractivity contribution in [3.63, 3.8) is 0 Å². The Morgan fingerprint density at radius 1 is 1.52 bits per heavy atom. The molecule has 1 aliphatic rings. The SMILES string of the molecule is CCCC(N)C(=O)N1CCC(N(C)c2cccnn2)CC1. The highest BCUT2D eigenvalue weighted by Crippen LogP contribution is 2.20. The number of nitrogens with zero attached hydrogens (tertiary/aromatic N) is 4. The maximum Gasteiger partial charge on any atom is 0.239 e. The smallest absolute Gasteiger partial charge is 0.239 e. The van der Waals surface area contributed by atoms with Gasteiger partial charge in [-0.05, 0) is 31.4 Å². The third kappa shape index (κ3) is 3.91. The first-order valence-electron chi connectivity index (χ1n) is 7.68. The highest BCUT2D eigenvalue weighted by atomic mass is 16.2. The molecule has 2 rings (SSSR count). The van der Waals surface area contributed by atoms with Gasteiger partial charge in [0.05, 0.1) is 6.04 Å². The number of rotatable bonds is 5. The fourth-order valence-electron chi connectivity index (χ4n) is 2.81. The molecule has 6 nitrogen and oxygen atoms in total. The van der Waals surface area contributed by atoms with E-state index in [4.69, 9.17) is 5.73 Å². The van der Waals surface area contributed by atoms with Gasteiger partial charge in [0, 0.05) is 32.4 Å². The summed E-state index contributed by atoms with van der Waals surface area (Å²) in [7, 11) is 2.04. The molecule has 1 aromatic heterocycles. The van der Waals surface area contributed by atoms with Crippen LogP contribution in [0.1, 0.15) is 32.6 Å². The molecule has 0 spiro atoms. The number of hydrogen-bond donors (Lipinski definition) is 1. The Bertz CT molecular complexity index is 445. The lowest BCUT2D eigenvalue weighted by Crippen LogP contribution is -2.50. The van der Waals surface area contributed by atoms with Crippen LogP contribution in [0.15, 0.2) is 18.3 Å². The lowest BCUT2D eigenvalue weighted by atomic mass is 10.0. The Morgan fingerprint density at radius 3 is 2.81 bits per heavy atom. The molecule has 0 aromatic carbocycles. The van der Waals surface area contributed by atoms with Crippen LogP contribution < -0.4 is 10.6 Å². The molecule has 1 unspecified atom stereocenters. The summed E-state index contributed by atoms with van der Waals surface area (Å²) >= 11 is 0. The van der Waals surface area contributed by atoms with Crippen LogP contribution in [0.2, 0.25) is 0 Å². The number of aromatic nitrogens is 2. The average Bonchev–Trinajstić information content (AvgIpc) is 2.54. The van der Waals surface area contributed by atoms with Gasteiger partial charge in [-0.3, -0.25) is 4.79 Å². The monoisotopic (exact) mass is 291 g/mol. The first-order valence-corrected chi connectivity index (χ1v) is 7.68. The number of likely N-dealkylation sites (tertiary alicyclic amines) is 1. The normalized spacial score (nSPS) is 17.6. The van der Waals surface area contributed by atoms with Crippen molar-refractivity contribution in [1.82, 2.24) is 15.1 Å². The van der Waals surface area contributed by atoms with Crippen molar-refractivity contribution in [1.29, 1.82) is 0 Å². The van der Waals surface area contributed by atoms with E-state index >= 15 is 0 Å². The fraction of sp³-hybridized carbons (Fsp3) is 0.667. The molecule has 1 aromatic rings. The topological polar surface area (TPSA) is 75.4 Å². The van der Waals surface area contributed by atoms with Gasteiger partial charge in [0.1, 0.15) is 0 Å². The van der Waals surface area contributed by atoms with Crippen molar-refractivity contribution < 1.29 is 4.79 Å². The highest BCUT2D eigenvalue weighted by molar-refractivity contribution is 5.81. The Labute approximate surface area is 126 Å². The zero-order valence-electron chi connectivity index (χ0n) is 12.9. The average molecular weight is 291 g/mol. The van der Waals surface area contributed by atoms with E-state index in [1.54, 1.807) is 6.20 Å². The standard InChI is InChI=1S/C15H25N5O/c1-3-5-13(16)15(21)20-10-7-12(8-11-20)19(2)14-6-4-9-17-18-14/h4,6,9,12-13H,3,5,7-8,10-11,16H2,1-2H3. The first-order chi connectivity index (χ1) is 10.1. The zero-order chi connectivity index (χ0) is 15.2. The summed E-state index contributed by atoms with van der Waals surface area (Å²) in [6.45, 7) is 3.59. The Balaban J connectivity index is 1.87. The number of carbonyl (C=O) groups excluding carboxylic acids is 1. The summed E-state index contributed by atoms with van der Waals surface area (Å²) in [6, 6.07) is 3.90. The predicted octanol–water partition coefficient (Wildman–Crippen LogP) is 1.03. The summed E-state index contributed by atoms with van der Waals surface area (Å²) in [4.78, 5) is 16.3. The molecule has 1 saturated heterocycles. The molecular formula is C15H25N5O. The zero-order valence-corrected chi connectivity index (χ0v) is 12.9. The van der Waals surface area contributed by atoms with Gasteiger partial charge in [0.25, 0.3) is 0 Å². The minimum Gasteiger partial charge on any atom is -0.355 e. The highest BCUT2D eigenvalue weighted by Gasteiger charge is 2.28. The second kappa shape index (κ2) is 7.36. The summed E-state index contributed by atoms with van der Waals surface area (Å²) in [5.74, 6) is 0.974. The Kier molecular flexibility index (Phi) is 5.50. The number of anilines is 1. The number of hydrogen-bond acceptors (Lipinski definition) is 5. The van der Waals surface area contributed by atoms with Gasteiger partial charge in [0.2, 0.25) is 5.91 Å². The van der Waals surface area contributed by atoms with E-state index in [2.05, 4.69) is 22.0 Å². The van der Waals surface area contributed by atoms with Gasteiger partial charge in [-0.25, -0.2) is 0 Å².